The highest BCUT2D eigenvalue weighted by molar-refractivity contribution is 6.46. The third-order valence-corrected chi connectivity index (χ3v) is 5.37. The number of hydrogen-bond donors (Lipinski definition) is 2. The van der Waals surface area contributed by atoms with Crippen molar-refractivity contribution in [1.29, 1.82) is 0 Å². The van der Waals surface area contributed by atoms with Crippen molar-refractivity contribution in [3.05, 3.63) is 77.2 Å². The number of Topliss-reactive ketones (excluding diaryl/α,β-unsaturated/α-hetero) is 1. The van der Waals surface area contributed by atoms with Gasteiger partial charge >= 0.3 is 0 Å². The summed E-state index contributed by atoms with van der Waals surface area (Å²) in [4.78, 5) is 32.1. The number of rotatable bonds is 5. The van der Waals surface area contributed by atoms with E-state index in [4.69, 9.17) is 0 Å². The Kier molecular flexibility index (Phi) is 5.13. The lowest BCUT2D eigenvalue weighted by Crippen LogP contribution is -2.35. The number of nitrogens with one attached hydrogen (secondary N) is 1. The van der Waals surface area contributed by atoms with Crippen molar-refractivity contribution in [1.82, 2.24) is 14.8 Å². The molecule has 2 heterocycles. The van der Waals surface area contributed by atoms with E-state index in [1.807, 2.05) is 37.2 Å². The summed E-state index contributed by atoms with van der Waals surface area (Å²) in [6, 6.07) is 12.3. The van der Waals surface area contributed by atoms with Crippen LogP contribution in [0.15, 0.2) is 60.3 Å². The number of nitrogens with zero attached hydrogens (tertiary/aromatic N) is 2. The lowest BCUT2D eigenvalue weighted by atomic mass is 9.95. The number of hydrogen-bond acceptors (Lipinski definition) is 4. The smallest absolute Gasteiger partial charge is 0.295 e. The zero-order valence-electron chi connectivity index (χ0n) is 16.7. The molecular weight excluding hydrogens is 385 g/mol. The number of aromatic nitrogens is 1. The Morgan fingerprint density at radius 3 is 2.57 bits per heavy atom. The molecule has 2 N–H and O–H groups in total. The molecule has 0 spiro atoms. The maximum atomic E-state index is 14.7. The van der Waals surface area contributed by atoms with Crippen molar-refractivity contribution in [2.24, 2.45) is 0 Å². The maximum absolute atomic E-state index is 14.7. The van der Waals surface area contributed by atoms with Crippen molar-refractivity contribution >= 4 is 28.4 Å². The van der Waals surface area contributed by atoms with Crippen molar-refractivity contribution in [3.63, 3.8) is 0 Å². The minimum absolute atomic E-state index is 0.103. The zero-order valence-corrected chi connectivity index (χ0v) is 16.7. The van der Waals surface area contributed by atoms with Crippen LogP contribution < -0.4 is 0 Å². The number of likely N-dealkylation sites (tertiary alicyclic amines) is 1. The fourth-order valence-electron chi connectivity index (χ4n) is 3.85. The molecule has 6 nitrogen and oxygen atoms in total. The second kappa shape index (κ2) is 7.76. The molecule has 1 fully saturated rings. The average Bonchev–Trinajstić information content (AvgIpc) is 3.26. The lowest BCUT2D eigenvalue weighted by molar-refractivity contribution is -0.140. The second-order valence-electron chi connectivity index (χ2n) is 7.57. The highest BCUT2D eigenvalue weighted by Gasteiger charge is 2.46. The summed E-state index contributed by atoms with van der Waals surface area (Å²) in [5.74, 6) is -2.41. The Morgan fingerprint density at radius 2 is 1.83 bits per heavy atom. The van der Waals surface area contributed by atoms with Gasteiger partial charge in [-0.05, 0) is 26.2 Å². The first-order valence-corrected chi connectivity index (χ1v) is 9.64. The van der Waals surface area contributed by atoms with E-state index < -0.39 is 23.5 Å². The summed E-state index contributed by atoms with van der Waals surface area (Å²) in [6.07, 6.45) is 1.59. The third-order valence-electron chi connectivity index (χ3n) is 5.37. The molecule has 1 aliphatic rings. The first kappa shape index (κ1) is 19.8. The number of aliphatic hydroxyl groups is 1. The fraction of sp³-hybridized carbons (Fsp3) is 0.217. The van der Waals surface area contributed by atoms with Gasteiger partial charge in [-0.1, -0.05) is 36.4 Å². The summed E-state index contributed by atoms with van der Waals surface area (Å²) in [5, 5.41) is 11.9. The van der Waals surface area contributed by atoms with E-state index in [0.29, 0.717) is 17.5 Å². The summed E-state index contributed by atoms with van der Waals surface area (Å²) in [6.45, 7) is 0.715. The average molecular weight is 407 g/mol. The topological polar surface area (TPSA) is 76.6 Å². The molecule has 0 aliphatic carbocycles. The van der Waals surface area contributed by atoms with Gasteiger partial charge in [0, 0.05) is 41.3 Å². The van der Waals surface area contributed by atoms with Crippen LogP contribution >= 0.6 is 0 Å². The van der Waals surface area contributed by atoms with Crippen molar-refractivity contribution in [3.8, 4) is 0 Å². The molecule has 154 valence electrons. The normalized spacial score (nSPS) is 18.7. The highest BCUT2D eigenvalue weighted by atomic mass is 19.1. The molecule has 0 radical (unpaired) electrons. The predicted molar refractivity (Wildman–Crippen MR) is 112 cm³/mol. The standard InChI is InChI=1S/C23H22FN3O3/c1-26(2)11-12-27-20(15-8-3-5-9-17(15)24)19(22(29)23(27)30)21(28)16-13-25-18-10-6-4-7-14(16)18/h3-10,13,20,25,28H,11-12H2,1-2H3/b21-19+. The number of fused-ring (bicyclic) bond motifs is 1. The van der Waals surface area contributed by atoms with Gasteiger partial charge < -0.3 is 19.9 Å². The van der Waals surface area contributed by atoms with E-state index >= 15 is 0 Å². The maximum Gasteiger partial charge on any atom is 0.295 e. The van der Waals surface area contributed by atoms with Crippen LogP contribution in [-0.4, -0.2) is 58.8 Å². The molecule has 7 heteroatoms. The Labute approximate surface area is 173 Å². The molecule has 4 rings (SSSR count). The number of amides is 1. The number of aromatic amines is 1. The minimum atomic E-state index is -1.00. The van der Waals surface area contributed by atoms with Crippen LogP contribution in [0.25, 0.3) is 16.7 Å². The van der Waals surface area contributed by atoms with E-state index in [0.717, 1.165) is 5.52 Å². The molecule has 0 bridgehead atoms. The highest BCUT2D eigenvalue weighted by Crippen LogP contribution is 2.41. The van der Waals surface area contributed by atoms with Gasteiger partial charge in [-0.3, -0.25) is 9.59 Å². The van der Waals surface area contributed by atoms with Gasteiger partial charge in [0.25, 0.3) is 11.7 Å². The molecule has 3 aromatic rings. The first-order chi connectivity index (χ1) is 14.4. The molecule has 0 saturated carbocycles. The number of likely N-dealkylation sites (N-methyl/N-ethyl adjacent to an activating group) is 1. The number of para-hydroxylation sites is 1. The van der Waals surface area contributed by atoms with Crippen LogP contribution in [0, 0.1) is 5.82 Å². The molecule has 1 unspecified atom stereocenters. The summed E-state index contributed by atoms with van der Waals surface area (Å²) < 4.78 is 14.7. The van der Waals surface area contributed by atoms with E-state index in [1.54, 1.807) is 24.4 Å². The van der Waals surface area contributed by atoms with Crippen LogP contribution in [0.5, 0.6) is 0 Å². The molecule has 2 aromatic carbocycles. The quantitative estimate of drug-likeness (QED) is 0.387. The van der Waals surface area contributed by atoms with E-state index in [9.17, 15) is 19.1 Å². The molecule has 1 amide bonds. The number of benzene rings is 2. The molecular formula is C23H22FN3O3. The lowest BCUT2D eigenvalue weighted by Gasteiger charge is -2.26. The summed E-state index contributed by atoms with van der Waals surface area (Å²) in [7, 11) is 3.70. The fourth-order valence-corrected chi connectivity index (χ4v) is 3.85. The van der Waals surface area contributed by atoms with Crippen LogP contribution in [0.4, 0.5) is 4.39 Å². The van der Waals surface area contributed by atoms with Crippen LogP contribution in [0.3, 0.4) is 0 Å². The van der Waals surface area contributed by atoms with Gasteiger partial charge in [-0.25, -0.2) is 4.39 Å². The molecule has 30 heavy (non-hydrogen) atoms. The summed E-state index contributed by atoms with van der Waals surface area (Å²) in [5.41, 5.74) is 1.26. The molecule has 1 aromatic heterocycles. The van der Waals surface area contributed by atoms with Crippen molar-refractivity contribution < 1.29 is 19.1 Å². The van der Waals surface area contributed by atoms with Gasteiger partial charge in [-0.2, -0.15) is 0 Å². The van der Waals surface area contributed by atoms with Crippen LogP contribution in [-0.2, 0) is 9.59 Å². The monoisotopic (exact) mass is 407 g/mol. The number of aliphatic hydroxyl groups excluding tert-OH is 1. The second-order valence-corrected chi connectivity index (χ2v) is 7.57. The van der Waals surface area contributed by atoms with Gasteiger partial charge in [0.2, 0.25) is 0 Å². The molecule has 1 saturated heterocycles. The van der Waals surface area contributed by atoms with Crippen molar-refractivity contribution in [2.45, 2.75) is 6.04 Å². The number of ketones is 1. The Bertz CT molecular complexity index is 1170. The SMILES string of the molecule is CN(C)CCN1C(=O)C(=O)/C(=C(/O)c2c[nH]c3ccccc23)C1c1ccccc1F. The Morgan fingerprint density at radius 1 is 1.13 bits per heavy atom. The molecule has 1 atom stereocenters. The zero-order chi connectivity index (χ0) is 21.4. The third kappa shape index (κ3) is 3.27. The van der Waals surface area contributed by atoms with Gasteiger partial charge in [-0.15, -0.1) is 0 Å². The number of carbonyl (C=O) groups is 2. The van der Waals surface area contributed by atoms with Crippen LogP contribution in [0.2, 0.25) is 0 Å². The van der Waals surface area contributed by atoms with E-state index in [2.05, 4.69) is 4.98 Å². The Balaban J connectivity index is 1.91. The summed E-state index contributed by atoms with van der Waals surface area (Å²) >= 11 is 0. The Hall–Kier alpha value is -3.45. The van der Waals surface area contributed by atoms with E-state index in [-0.39, 0.29) is 23.4 Å². The van der Waals surface area contributed by atoms with Gasteiger partial charge in [0.1, 0.15) is 11.6 Å². The largest absolute Gasteiger partial charge is 0.507 e. The number of H-pyrrole nitrogens is 1. The minimum Gasteiger partial charge on any atom is -0.507 e. The first-order valence-electron chi connectivity index (χ1n) is 9.64. The van der Waals surface area contributed by atoms with Gasteiger partial charge in [0.15, 0.2) is 0 Å². The van der Waals surface area contributed by atoms with Gasteiger partial charge in [0.05, 0.1) is 11.6 Å². The van der Waals surface area contributed by atoms with Crippen molar-refractivity contribution in [2.75, 3.05) is 27.2 Å². The molecule has 1 aliphatic heterocycles. The van der Waals surface area contributed by atoms with Crippen LogP contribution in [0.1, 0.15) is 17.2 Å². The number of halogens is 1. The number of carbonyl (C=O) groups excluding carboxylic acids is 2. The predicted octanol–water partition coefficient (Wildman–Crippen LogP) is 3.29. The van der Waals surface area contributed by atoms with E-state index in [1.165, 1.54) is 17.0 Å².